The number of aldehydes is 1. The van der Waals surface area contributed by atoms with E-state index in [2.05, 4.69) is 0 Å². The molecular formula is C12H16O4. The second-order valence-corrected chi connectivity index (χ2v) is 4.39. The molecule has 1 aliphatic rings. The molecule has 0 bridgehead atoms. The molecule has 0 heterocycles. The van der Waals surface area contributed by atoms with Crippen LogP contribution in [0.5, 0.6) is 0 Å². The number of aliphatic hydroxyl groups is 1. The fraction of sp³-hybridized carbons (Fsp3) is 0.500. The van der Waals surface area contributed by atoms with Crippen molar-refractivity contribution in [2.75, 3.05) is 0 Å². The fourth-order valence-corrected chi connectivity index (χ4v) is 1.83. The van der Waals surface area contributed by atoms with Crippen molar-refractivity contribution in [1.29, 1.82) is 0 Å². The number of carbonyl (C=O) groups is 2. The van der Waals surface area contributed by atoms with Gasteiger partial charge in [0.2, 0.25) is 0 Å². The number of carboxylic acid groups (broad SMARTS) is 1. The number of hydrogen-bond acceptors (Lipinski definition) is 3. The summed E-state index contributed by atoms with van der Waals surface area (Å²) in [6.07, 6.45) is 3.06. The van der Waals surface area contributed by atoms with Crippen molar-refractivity contribution in [3.8, 4) is 0 Å². The molecule has 0 amide bonds. The van der Waals surface area contributed by atoms with Gasteiger partial charge in [-0.1, -0.05) is 17.7 Å². The molecule has 0 saturated carbocycles. The molecule has 0 saturated heterocycles. The normalized spacial score (nSPS) is 28.4. The highest BCUT2D eigenvalue weighted by atomic mass is 16.4. The zero-order chi connectivity index (χ0) is 12.3. The Morgan fingerprint density at radius 3 is 2.62 bits per heavy atom. The number of aliphatic carboxylic acids is 1. The highest BCUT2D eigenvalue weighted by Crippen LogP contribution is 2.39. The van der Waals surface area contributed by atoms with E-state index in [1.807, 2.05) is 13.8 Å². The first kappa shape index (κ1) is 12.6. The third-order valence-corrected chi connectivity index (χ3v) is 2.86. The molecule has 88 valence electrons. The molecule has 1 aliphatic carbocycles. The predicted molar refractivity (Wildman–Crippen MR) is 58.9 cm³/mol. The maximum atomic E-state index is 11.3. The monoisotopic (exact) mass is 224 g/mol. The van der Waals surface area contributed by atoms with Crippen LogP contribution in [-0.4, -0.2) is 28.6 Å². The van der Waals surface area contributed by atoms with Crippen LogP contribution >= 0.6 is 0 Å². The largest absolute Gasteiger partial charge is 0.481 e. The molecule has 0 aromatic heterocycles. The number of rotatable bonds is 4. The Morgan fingerprint density at radius 2 is 2.25 bits per heavy atom. The average Bonchev–Trinajstić information content (AvgIpc) is 2.53. The van der Waals surface area contributed by atoms with Gasteiger partial charge in [0.1, 0.15) is 11.7 Å². The summed E-state index contributed by atoms with van der Waals surface area (Å²) in [4.78, 5) is 21.9. The molecule has 4 heteroatoms. The lowest BCUT2D eigenvalue weighted by atomic mass is 9.81. The number of hydrogen-bond donors (Lipinski definition) is 2. The van der Waals surface area contributed by atoms with Crippen LogP contribution in [0.3, 0.4) is 0 Å². The van der Waals surface area contributed by atoms with E-state index in [9.17, 15) is 19.8 Å². The molecule has 0 unspecified atom stereocenters. The SMILES string of the molecule is CC(C)=CC[C@]1(C(=O)O)C=C(C=O)C[C@H]1O. The van der Waals surface area contributed by atoms with Crippen LogP contribution < -0.4 is 0 Å². The van der Waals surface area contributed by atoms with Crippen molar-refractivity contribution in [3.63, 3.8) is 0 Å². The smallest absolute Gasteiger partial charge is 0.316 e. The van der Waals surface area contributed by atoms with E-state index >= 15 is 0 Å². The second kappa shape index (κ2) is 4.61. The zero-order valence-corrected chi connectivity index (χ0v) is 9.43. The summed E-state index contributed by atoms with van der Waals surface area (Å²) >= 11 is 0. The van der Waals surface area contributed by atoms with Gasteiger partial charge in [-0.25, -0.2) is 0 Å². The highest BCUT2D eigenvalue weighted by molar-refractivity contribution is 5.84. The predicted octanol–water partition coefficient (Wildman–Crippen LogP) is 1.30. The number of aliphatic hydroxyl groups excluding tert-OH is 1. The lowest BCUT2D eigenvalue weighted by Gasteiger charge is -2.25. The summed E-state index contributed by atoms with van der Waals surface area (Å²) < 4.78 is 0. The molecule has 0 aliphatic heterocycles. The first-order chi connectivity index (χ1) is 7.42. The van der Waals surface area contributed by atoms with Crippen LogP contribution in [0.15, 0.2) is 23.3 Å². The molecule has 1 rings (SSSR count). The summed E-state index contributed by atoms with van der Waals surface area (Å²) in [5, 5.41) is 19.0. The quantitative estimate of drug-likeness (QED) is 0.557. The lowest BCUT2D eigenvalue weighted by molar-refractivity contribution is -0.151. The molecule has 2 N–H and O–H groups in total. The van der Waals surface area contributed by atoms with Gasteiger partial charge in [-0.15, -0.1) is 0 Å². The van der Waals surface area contributed by atoms with Crippen LogP contribution in [-0.2, 0) is 9.59 Å². The van der Waals surface area contributed by atoms with E-state index < -0.39 is 17.5 Å². The summed E-state index contributed by atoms with van der Waals surface area (Å²) in [6, 6.07) is 0. The van der Waals surface area contributed by atoms with Crippen molar-refractivity contribution in [2.45, 2.75) is 32.8 Å². The third kappa shape index (κ3) is 2.22. The van der Waals surface area contributed by atoms with E-state index in [0.29, 0.717) is 11.9 Å². The van der Waals surface area contributed by atoms with Crippen LogP contribution in [0, 0.1) is 5.41 Å². The maximum absolute atomic E-state index is 11.3. The molecule has 0 fully saturated rings. The van der Waals surface area contributed by atoms with E-state index in [1.54, 1.807) is 6.08 Å². The van der Waals surface area contributed by atoms with E-state index in [4.69, 9.17) is 0 Å². The minimum Gasteiger partial charge on any atom is -0.481 e. The summed E-state index contributed by atoms with van der Waals surface area (Å²) in [6.45, 7) is 3.72. The van der Waals surface area contributed by atoms with E-state index in [0.717, 1.165) is 5.57 Å². The van der Waals surface area contributed by atoms with Crippen molar-refractivity contribution >= 4 is 12.3 Å². The van der Waals surface area contributed by atoms with Gasteiger partial charge in [0.15, 0.2) is 0 Å². The molecular weight excluding hydrogens is 208 g/mol. The summed E-state index contributed by atoms with van der Waals surface area (Å²) in [7, 11) is 0. The van der Waals surface area contributed by atoms with Crippen LogP contribution in [0.1, 0.15) is 26.7 Å². The molecule has 0 spiro atoms. The fourth-order valence-electron chi connectivity index (χ4n) is 1.83. The summed E-state index contributed by atoms with van der Waals surface area (Å²) in [5.41, 5.74) is 0.00545. The van der Waals surface area contributed by atoms with Gasteiger partial charge < -0.3 is 10.2 Å². The molecule has 0 aromatic carbocycles. The van der Waals surface area contributed by atoms with Gasteiger partial charge in [0.05, 0.1) is 6.10 Å². The van der Waals surface area contributed by atoms with Gasteiger partial charge in [0.25, 0.3) is 0 Å². The molecule has 0 radical (unpaired) electrons. The number of carbonyl (C=O) groups excluding carboxylic acids is 1. The average molecular weight is 224 g/mol. The van der Waals surface area contributed by atoms with E-state index in [-0.39, 0.29) is 12.8 Å². The zero-order valence-electron chi connectivity index (χ0n) is 9.43. The summed E-state index contributed by atoms with van der Waals surface area (Å²) in [5.74, 6) is -1.09. The Kier molecular flexibility index (Phi) is 3.65. The van der Waals surface area contributed by atoms with Gasteiger partial charge in [-0.05, 0) is 25.8 Å². The standard InChI is InChI=1S/C12H16O4/c1-8(2)3-4-12(11(15)16)6-9(7-13)5-10(12)14/h3,6-7,10,14H,4-5H2,1-2H3,(H,15,16)/t10-,12+/m1/s1. The van der Waals surface area contributed by atoms with E-state index in [1.165, 1.54) is 6.08 Å². The molecule has 4 nitrogen and oxygen atoms in total. The first-order valence-electron chi connectivity index (χ1n) is 5.14. The van der Waals surface area contributed by atoms with Gasteiger partial charge in [-0.2, -0.15) is 0 Å². The van der Waals surface area contributed by atoms with Gasteiger partial charge >= 0.3 is 5.97 Å². The molecule has 0 aromatic rings. The van der Waals surface area contributed by atoms with Crippen molar-refractivity contribution < 1.29 is 19.8 Å². The molecule has 2 atom stereocenters. The highest BCUT2D eigenvalue weighted by Gasteiger charge is 2.47. The first-order valence-corrected chi connectivity index (χ1v) is 5.14. The minimum atomic E-state index is -1.34. The second-order valence-electron chi connectivity index (χ2n) is 4.39. The Labute approximate surface area is 94.3 Å². The number of carboxylic acids is 1. The maximum Gasteiger partial charge on any atom is 0.316 e. The van der Waals surface area contributed by atoms with Crippen molar-refractivity contribution in [2.24, 2.45) is 5.41 Å². The van der Waals surface area contributed by atoms with Crippen molar-refractivity contribution in [1.82, 2.24) is 0 Å². The van der Waals surface area contributed by atoms with Crippen molar-refractivity contribution in [3.05, 3.63) is 23.3 Å². The minimum absolute atomic E-state index is 0.117. The lowest BCUT2D eigenvalue weighted by Crippen LogP contribution is -2.37. The number of allylic oxidation sites excluding steroid dienone is 2. The Hall–Kier alpha value is -1.42. The topological polar surface area (TPSA) is 74.6 Å². The Balaban J connectivity index is 3.06. The Morgan fingerprint density at radius 1 is 1.62 bits per heavy atom. The van der Waals surface area contributed by atoms with Crippen LogP contribution in [0.2, 0.25) is 0 Å². The molecule has 16 heavy (non-hydrogen) atoms. The van der Waals surface area contributed by atoms with Crippen LogP contribution in [0.25, 0.3) is 0 Å². The van der Waals surface area contributed by atoms with Gasteiger partial charge in [0, 0.05) is 6.42 Å². The van der Waals surface area contributed by atoms with Crippen LogP contribution in [0.4, 0.5) is 0 Å². The third-order valence-electron chi connectivity index (χ3n) is 2.86. The van der Waals surface area contributed by atoms with Gasteiger partial charge in [-0.3, -0.25) is 9.59 Å². The Bertz CT molecular complexity index is 363.